The van der Waals surface area contributed by atoms with Crippen LogP contribution in [0.15, 0.2) is 73.8 Å². The van der Waals surface area contributed by atoms with Crippen molar-refractivity contribution in [1.82, 2.24) is 10.2 Å². The van der Waals surface area contributed by atoms with Crippen LogP contribution in [-0.4, -0.2) is 77.7 Å². The molecule has 2 N–H and O–H groups in total. The molecule has 10 heteroatoms. The van der Waals surface area contributed by atoms with Gasteiger partial charge in [-0.3, -0.25) is 19.2 Å². The van der Waals surface area contributed by atoms with Crippen LogP contribution in [0.4, 0.5) is 5.69 Å². The summed E-state index contributed by atoms with van der Waals surface area (Å²) in [5, 5.41) is 12.4. The molecule has 3 fully saturated rings. The summed E-state index contributed by atoms with van der Waals surface area (Å²) in [5.41, 5.74) is 2.24. The molecule has 1 spiro atoms. The summed E-state index contributed by atoms with van der Waals surface area (Å²) in [6, 6.07) is 13.6. The summed E-state index contributed by atoms with van der Waals surface area (Å²) in [7, 11) is 0. The second kappa shape index (κ2) is 16.6. The van der Waals surface area contributed by atoms with E-state index in [9.17, 15) is 24.3 Å². The number of rotatable bonds is 18. The number of amides is 3. The topological polar surface area (TPSA) is 125 Å². The minimum absolute atomic E-state index is 0.0684. The van der Waals surface area contributed by atoms with E-state index in [2.05, 4.69) is 18.5 Å². The van der Waals surface area contributed by atoms with E-state index in [-0.39, 0.29) is 43.9 Å². The van der Waals surface area contributed by atoms with E-state index >= 15 is 0 Å². The summed E-state index contributed by atoms with van der Waals surface area (Å²) in [4.78, 5) is 59.6. The minimum Gasteiger partial charge on any atom is -0.463 e. The van der Waals surface area contributed by atoms with Gasteiger partial charge in [-0.15, -0.1) is 13.2 Å². The number of fused-ring (bicyclic) bond motifs is 1. The third kappa shape index (κ3) is 7.42. The number of hydrogen-bond acceptors (Lipinski definition) is 7. The summed E-state index contributed by atoms with van der Waals surface area (Å²) in [6.45, 7) is 12.1. The molecule has 0 aliphatic carbocycles. The summed E-state index contributed by atoms with van der Waals surface area (Å²) in [6.07, 6.45) is 7.40. The molecule has 0 unspecified atom stereocenters. The van der Waals surface area contributed by atoms with Gasteiger partial charge in [0, 0.05) is 31.8 Å². The van der Waals surface area contributed by atoms with Crippen molar-refractivity contribution < 1.29 is 33.8 Å². The van der Waals surface area contributed by atoms with Gasteiger partial charge in [-0.25, -0.2) is 0 Å². The lowest BCUT2D eigenvalue weighted by Crippen LogP contribution is -2.57. The fourth-order valence-corrected chi connectivity index (χ4v) is 8.16. The van der Waals surface area contributed by atoms with Crippen molar-refractivity contribution in [2.75, 3.05) is 31.2 Å². The summed E-state index contributed by atoms with van der Waals surface area (Å²) in [5.74, 6) is -2.91. The van der Waals surface area contributed by atoms with Crippen molar-refractivity contribution in [3.05, 3.63) is 90.5 Å². The van der Waals surface area contributed by atoms with Crippen LogP contribution < -0.4 is 10.2 Å². The fraction of sp³-hybridized carbons (Fsp3) is 0.500. The third-order valence-corrected chi connectivity index (χ3v) is 10.4. The van der Waals surface area contributed by atoms with Gasteiger partial charge in [-0.05, 0) is 62.6 Å². The Morgan fingerprint density at radius 3 is 2.46 bits per heavy atom. The maximum absolute atomic E-state index is 14.9. The Labute approximate surface area is 295 Å². The molecule has 3 saturated heterocycles. The van der Waals surface area contributed by atoms with Crippen molar-refractivity contribution in [2.45, 2.75) is 89.0 Å². The molecule has 50 heavy (non-hydrogen) atoms. The number of carbonyl (C=O) groups excluding carboxylic acids is 4. The quantitative estimate of drug-likeness (QED) is 0.127. The average Bonchev–Trinajstić information content (AvgIpc) is 3.76. The van der Waals surface area contributed by atoms with Crippen LogP contribution in [0.2, 0.25) is 0 Å². The summed E-state index contributed by atoms with van der Waals surface area (Å²) >= 11 is 0. The molecule has 5 rings (SSSR count). The van der Waals surface area contributed by atoms with Gasteiger partial charge < -0.3 is 29.7 Å². The lowest BCUT2D eigenvalue weighted by atomic mass is 9.70. The van der Waals surface area contributed by atoms with Gasteiger partial charge in [0.05, 0.1) is 24.0 Å². The monoisotopic (exact) mass is 685 g/mol. The number of aliphatic hydroxyl groups is 1. The third-order valence-electron chi connectivity index (χ3n) is 10.4. The van der Waals surface area contributed by atoms with E-state index in [0.29, 0.717) is 38.6 Å². The van der Waals surface area contributed by atoms with Crippen molar-refractivity contribution in [2.24, 2.45) is 11.8 Å². The van der Waals surface area contributed by atoms with Crippen molar-refractivity contribution in [1.29, 1.82) is 0 Å². The number of nitrogens with one attached hydrogen (secondary N) is 1. The fourth-order valence-electron chi connectivity index (χ4n) is 8.16. The van der Waals surface area contributed by atoms with E-state index in [1.807, 2.05) is 62.4 Å². The molecule has 2 aromatic carbocycles. The number of aryl methyl sites for hydroxylation is 2. The number of aliphatic hydroxyl groups excluding tert-OH is 1. The highest BCUT2D eigenvalue weighted by atomic mass is 16.5. The predicted octanol–water partition coefficient (Wildman–Crippen LogP) is 5.12. The average molecular weight is 686 g/mol. The first kappa shape index (κ1) is 37.0. The number of benzene rings is 2. The molecule has 6 atom stereocenters. The molecule has 3 heterocycles. The normalized spacial score (nSPS) is 24.1. The highest BCUT2D eigenvalue weighted by Gasteiger charge is 2.74. The molecule has 268 valence electrons. The molecule has 2 aromatic rings. The van der Waals surface area contributed by atoms with E-state index in [4.69, 9.17) is 9.47 Å². The molecule has 0 radical (unpaired) electrons. The van der Waals surface area contributed by atoms with Crippen molar-refractivity contribution in [3.63, 3.8) is 0 Å². The second-order valence-corrected chi connectivity index (χ2v) is 13.7. The number of unbranched alkanes of at least 4 members (excludes halogenated alkanes) is 3. The number of para-hydroxylation sites is 1. The van der Waals surface area contributed by atoms with Crippen LogP contribution in [-0.2, 0) is 28.7 Å². The van der Waals surface area contributed by atoms with Gasteiger partial charge in [0.25, 0.3) is 5.91 Å². The molecule has 2 bridgehead atoms. The van der Waals surface area contributed by atoms with E-state index in [1.165, 1.54) is 0 Å². The number of anilines is 1. The lowest BCUT2D eigenvalue weighted by molar-refractivity contribution is -0.146. The number of nitrogens with zero attached hydrogens (tertiary/aromatic N) is 2. The molecule has 3 amide bonds. The maximum Gasteiger partial charge on any atom is 0.306 e. The van der Waals surface area contributed by atoms with Gasteiger partial charge in [0.2, 0.25) is 11.8 Å². The molecular formula is C40H51N3O7. The van der Waals surface area contributed by atoms with Crippen molar-refractivity contribution >= 4 is 29.4 Å². The number of carbonyl (C=O) groups is 4. The highest BCUT2D eigenvalue weighted by molar-refractivity contribution is 6.05. The van der Waals surface area contributed by atoms with Gasteiger partial charge in [-0.2, -0.15) is 0 Å². The predicted molar refractivity (Wildman–Crippen MR) is 191 cm³/mol. The molecule has 0 saturated carbocycles. The van der Waals surface area contributed by atoms with Crippen molar-refractivity contribution in [3.8, 4) is 0 Å². The number of hydrogen-bond donors (Lipinski definition) is 2. The number of likely N-dealkylation sites (tertiary alicyclic amines) is 1. The Morgan fingerprint density at radius 1 is 1.06 bits per heavy atom. The first-order valence-electron chi connectivity index (χ1n) is 17.9. The Morgan fingerprint density at radius 2 is 1.78 bits per heavy atom. The van der Waals surface area contributed by atoms with Crippen LogP contribution in [0.5, 0.6) is 0 Å². The van der Waals surface area contributed by atoms with Crippen LogP contribution in [0.1, 0.15) is 74.1 Å². The zero-order valence-corrected chi connectivity index (χ0v) is 29.4. The molecule has 3 aliphatic heterocycles. The highest BCUT2D eigenvalue weighted by Crippen LogP contribution is 2.59. The zero-order chi connectivity index (χ0) is 35.8. The zero-order valence-electron chi connectivity index (χ0n) is 29.4. The van der Waals surface area contributed by atoms with Gasteiger partial charge >= 0.3 is 5.97 Å². The lowest BCUT2D eigenvalue weighted by Gasteiger charge is -2.37. The van der Waals surface area contributed by atoms with E-state index in [1.54, 1.807) is 22.0 Å². The van der Waals surface area contributed by atoms with E-state index < -0.39 is 41.6 Å². The molecule has 0 aromatic heterocycles. The molecule has 3 aliphatic rings. The summed E-state index contributed by atoms with van der Waals surface area (Å²) < 4.78 is 12.3. The smallest absolute Gasteiger partial charge is 0.306 e. The molecule has 10 nitrogen and oxygen atoms in total. The first-order valence-corrected chi connectivity index (χ1v) is 17.9. The number of allylic oxidation sites excluding steroid dienone is 1. The SMILES string of the molecule is C=CCCC(=O)OC[C@@H](NC(=O)[C@@H]1[C@@H]2CC[C@]3(O2)[C@H](C(=O)N(CC=C)c2c(C)cccc2C)N(CCCCCCO)C(=O)[C@@H]13)c1ccccc1. The van der Waals surface area contributed by atoms with Crippen LogP contribution in [0.3, 0.4) is 0 Å². The largest absolute Gasteiger partial charge is 0.463 e. The van der Waals surface area contributed by atoms with Crippen LogP contribution >= 0.6 is 0 Å². The van der Waals surface area contributed by atoms with Gasteiger partial charge in [0.15, 0.2) is 0 Å². The Bertz CT molecular complexity index is 1540. The standard InChI is InChI=1S/C40H51N3O7/c1-5-7-20-32(45)49-26-30(29-18-11-10-12-19-29)41-37(46)33-31-21-22-40(50-31)34(33)38(47)43(24-13-8-9-14-25-44)36(40)39(48)42(23-6-2)35-27(3)16-15-17-28(35)4/h5-6,10-12,15-19,30-31,33-34,36,44H,1-2,7-9,13-14,20-26H2,3-4H3,(H,41,46)/t30-,31+,33-,34-,36+,40-/m1/s1. The number of ether oxygens (including phenoxy) is 2. The molecular weight excluding hydrogens is 634 g/mol. The first-order chi connectivity index (χ1) is 24.2. The van der Waals surface area contributed by atoms with Crippen LogP contribution in [0, 0.1) is 25.7 Å². The van der Waals surface area contributed by atoms with Crippen LogP contribution in [0.25, 0.3) is 0 Å². The number of esters is 1. The van der Waals surface area contributed by atoms with Gasteiger partial charge in [-0.1, -0.05) is 73.5 Å². The minimum atomic E-state index is -1.17. The second-order valence-electron chi connectivity index (χ2n) is 13.7. The Balaban J connectivity index is 1.46. The maximum atomic E-state index is 14.9. The van der Waals surface area contributed by atoms with E-state index in [0.717, 1.165) is 35.2 Å². The Kier molecular flexibility index (Phi) is 12.3. The Hall–Kier alpha value is -4.28. The van der Waals surface area contributed by atoms with Gasteiger partial charge in [0.1, 0.15) is 18.2 Å².